The fraction of sp³-hybridized carbons (Fsp3) is 0.571. The first-order valence-corrected chi connectivity index (χ1v) is 6.19. The highest BCUT2D eigenvalue weighted by atomic mass is 16.5. The summed E-state index contributed by atoms with van der Waals surface area (Å²) in [5, 5.41) is 12.7. The van der Waals surface area contributed by atoms with E-state index in [1.54, 1.807) is 7.11 Å². The number of aliphatic hydroxyl groups is 1. The predicted octanol–water partition coefficient (Wildman–Crippen LogP) is 1.60. The molecule has 2 N–H and O–H groups in total. The number of hydrogen-bond donors (Lipinski definition) is 2. The topological polar surface area (TPSA) is 41.5 Å². The second kappa shape index (κ2) is 8.23. The van der Waals surface area contributed by atoms with E-state index in [4.69, 9.17) is 4.74 Å². The van der Waals surface area contributed by atoms with Crippen LogP contribution in [0, 0.1) is 0 Å². The van der Waals surface area contributed by atoms with Crippen LogP contribution in [0.2, 0.25) is 0 Å². The third-order valence-corrected chi connectivity index (χ3v) is 2.88. The Morgan fingerprint density at radius 2 is 1.94 bits per heavy atom. The van der Waals surface area contributed by atoms with Crippen LogP contribution in [0.15, 0.2) is 30.3 Å². The summed E-state index contributed by atoms with van der Waals surface area (Å²) in [7, 11) is 1.66. The van der Waals surface area contributed by atoms with Gasteiger partial charge in [-0.15, -0.1) is 0 Å². The van der Waals surface area contributed by atoms with E-state index >= 15 is 0 Å². The highest BCUT2D eigenvalue weighted by Crippen LogP contribution is 2.06. The van der Waals surface area contributed by atoms with Crippen molar-refractivity contribution in [3.05, 3.63) is 35.9 Å². The van der Waals surface area contributed by atoms with E-state index in [-0.39, 0.29) is 12.6 Å². The van der Waals surface area contributed by atoms with Gasteiger partial charge >= 0.3 is 0 Å². The number of rotatable bonds is 8. The molecule has 0 aromatic heterocycles. The Morgan fingerprint density at radius 1 is 1.24 bits per heavy atom. The maximum Gasteiger partial charge on any atom is 0.0638 e. The Bertz CT molecular complexity index is 290. The Morgan fingerprint density at radius 3 is 2.47 bits per heavy atom. The van der Waals surface area contributed by atoms with E-state index in [0.29, 0.717) is 12.6 Å². The minimum Gasteiger partial charge on any atom is -0.395 e. The van der Waals surface area contributed by atoms with Crippen LogP contribution in [0.5, 0.6) is 0 Å². The van der Waals surface area contributed by atoms with Crippen molar-refractivity contribution in [1.29, 1.82) is 0 Å². The fourth-order valence-corrected chi connectivity index (χ4v) is 1.91. The van der Waals surface area contributed by atoms with Gasteiger partial charge < -0.3 is 15.2 Å². The molecule has 1 aromatic carbocycles. The second-order valence-corrected chi connectivity index (χ2v) is 4.30. The summed E-state index contributed by atoms with van der Waals surface area (Å²) >= 11 is 0. The number of ether oxygens (including phenoxy) is 1. The average Bonchev–Trinajstić information content (AvgIpc) is 2.38. The van der Waals surface area contributed by atoms with Crippen molar-refractivity contribution >= 4 is 0 Å². The normalized spacial score (nSPS) is 14.5. The molecular weight excluding hydrogens is 214 g/mol. The SMILES string of the molecule is CCC(Cc1ccccc1)NC(CO)COC. The minimum atomic E-state index is 0.0219. The molecule has 0 saturated carbocycles. The van der Waals surface area contributed by atoms with Gasteiger partial charge in [0, 0.05) is 13.2 Å². The average molecular weight is 237 g/mol. The van der Waals surface area contributed by atoms with Gasteiger partial charge in [-0.05, 0) is 18.4 Å². The fourth-order valence-electron chi connectivity index (χ4n) is 1.91. The lowest BCUT2D eigenvalue weighted by Crippen LogP contribution is -2.44. The molecule has 0 heterocycles. The quantitative estimate of drug-likeness (QED) is 0.721. The number of aliphatic hydroxyl groups excluding tert-OH is 1. The van der Waals surface area contributed by atoms with Gasteiger partial charge in [0.15, 0.2) is 0 Å². The van der Waals surface area contributed by atoms with E-state index < -0.39 is 0 Å². The van der Waals surface area contributed by atoms with Crippen LogP contribution in [-0.2, 0) is 11.2 Å². The summed E-state index contributed by atoms with van der Waals surface area (Å²) in [6.07, 6.45) is 2.02. The molecule has 0 amide bonds. The Hall–Kier alpha value is -0.900. The molecule has 3 nitrogen and oxygen atoms in total. The summed E-state index contributed by atoms with van der Waals surface area (Å²) in [5.74, 6) is 0. The molecule has 0 bridgehead atoms. The molecule has 17 heavy (non-hydrogen) atoms. The van der Waals surface area contributed by atoms with Crippen molar-refractivity contribution in [2.24, 2.45) is 0 Å². The summed E-state index contributed by atoms with van der Waals surface area (Å²) in [5.41, 5.74) is 1.32. The van der Waals surface area contributed by atoms with Gasteiger partial charge in [-0.1, -0.05) is 37.3 Å². The van der Waals surface area contributed by atoms with E-state index in [1.165, 1.54) is 5.56 Å². The smallest absolute Gasteiger partial charge is 0.0638 e. The molecule has 2 unspecified atom stereocenters. The zero-order chi connectivity index (χ0) is 12.5. The lowest BCUT2D eigenvalue weighted by molar-refractivity contribution is 0.121. The van der Waals surface area contributed by atoms with E-state index in [0.717, 1.165) is 12.8 Å². The monoisotopic (exact) mass is 237 g/mol. The van der Waals surface area contributed by atoms with Gasteiger partial charge in [0.2, 0.25) is 0 Å². The minimum absolute atomic E-state index is 0.0219. The van der Waals surface area contributed by atoms with Crippen molar-refractivity contribution in [3.8, 4) is 0 Å². The van der Waals surface area contributed by atoms with Gasteiger partial charge in [0.05, 0.1) is 19.3 Å². The van der Waals surface area contributed by atoms with Crippen molar-refractivity contribution < 1.29 is 9.84 Å². The highest BCUT2D eigenvalue weighted by Gasteiger charge is 2.13. The lowest BCUT2D eigenvalue weighted by atomic mass is 10.0. The van der Waals surface area contributed by atoms with Crippen LogP contribution in [0.4, 0.5) is 0 Å². The lowest BCUT2D eigenvalue weighted by Gasteiger charge is -2.23. The molecule has 0 aliphatic heterocycles. The number of nitrogens with one attached hydrogen (secondary N) is 1. The second-order valence-electron chi connectivity index (χ2n) is 4.30. The van der Waals surface area contributed by atoms with E-state index in [9.17, 15) is 5.11 Å². The van der Waals surface area contributed by atoms with Crippen molar-refractivity contribution in [2.75, 3.05) is 20.3 Å². The molecular formula is C14H23NO2. The Labute approximate surface area is 104 Å². The Balaban J connectivity index is 2.48. The molecule has 0 saturated heterocycles. The first-order valence-electron chi connectivity index (χ1n) is 6.19. The molecule has 0 aliphatic rings. The Kier molecular flexibility index (Phi) is 6.86. The summed E-state index contributed by atoms with van der Waals surface area (Å²) in [4.78, 5) is 0. The van der Waals surface area contributed by atoms with E-state index in [1.807, 2.05) is 6.07 Å². The van der Waals surface area contributed by atoms with Crippen molar-refractivity contribution in [1.82, 2.24) is 5.32 Å². The van der Waals surface area contributed by atoms with Crippen LogP contribution in [0.25, 0.3) is 0 Å². The maximum atomic E-state index is 9.23. The summed E-state index contributed by atoms with van der Waals surface area (Å²) in [6.45, 7) is 2.81. The summed E-state index contributed by atoms with van der Waals surface area (Å²) in [6, 6.07) is 10.8. The zero-order valence-electron chi connectivity index (χ0n) is 10.7. The van der Waals surface area contributed by atoms with Gasteiger partial charge in [-0.2, -0.15) is 0 Å². The number of methoxy groups -OCH3 is 1. The highest BCUT2D eigenvalue weighted by molar-refractivity contribution is 5.15. The molecule has 1 aromatic rings. The maximum absolute atomic E-state index is 9.23. The molecule has 0 aliphatic carbocycles. The third kappa shape index (κ3) is 5.31. The molecule has 3 heteroatoms. The third-order valence-electron chi connectivity index (χ3n) is 2.88. The first kappa shape index (κ1) is 14.2. The molecule has 2 atom stereocenters. The molecule has 0 spiro atoms. The standard InChI is InChI=1S/C14H23NO2/c1-3-13(15-14(10-16)11-17-2)9-12-7-5-4-6-8-12/h4-8,13-16H,3,9-11H2,1-2H3. The van der Waals surface area contributed by atoms with Gasteiger partial charge in [-0.25, -0.2) is 0 Å². The molecule has 0 fully saturated rings. The van der Waals surface area contributed by atoms with Crippen LogP contribution in [0.3, 0.4) is 0 Å². The van der Waals surface area contributed by atoms with Gasteiger partial charge in [0.1, 0.15) is 0 Å². The molecule has 1 rings (SSSR count). The zero-order valence-corrected chi connectivity index (χ0v) is 10.7. The molecule has 96 valence electrons. The first-order chi connectivity index (χ1) is 8.30. The van der Waals surface area contributed by atoms with Crippen LogP contribution >= 0.6 is 0 Å². The van der Waals surface area contributed by atoms with Crippen LogP contribution in [-0.4, -0.2) is 37.5 Å². The largest absolute Gasteiger partial charge is 0.395 e. The van der Waals surface area contributed by atoms with Crippen molar-refractivity contribution in [2.45, 2.75) is 31.8 Å². The van der Waals surface area contributed by atoms with E-state index in [2.05, 4.69) is 36.5 Å². The number of benzene rings is 1. The van der Waals surface area contributed by atoms with Crippen LogP contribution in [0.1, 0.15) is 18.9 Å². The van der Waals surface area contributed by atoms with Gasteiger partial charge in [-0.3, -0.25) is 0 Å². The van der Waals surface area contributed by atoms with Gasteiger partial charge in [0.25, 0.3) is 0 Å². The van der Waals surface area contributed by atoms with Crippen LogP contribution < -0.4 is 5.32 Å². The molecule has 0 radical (unpaired) electrons. The predicted molar refractivity (Wildman–Crippen MR) is 70.1 cm³/mol. The summed E-state index contributed by atoms with van der Waals surface area (Å²) < 4.78 is 5.07. The van der Waals surface area contributed by atoms with Crippen molar-refractivity contribution in [3.63, 3.8) is 0 Å². The number of hydrogen-bond acceptors (Lipinski definition) is 3.